The predicted octanol–water partition coefficient (Wildman–Crippen LogP) is 5.88. The number of aryl methyl sites for hydroxylation is 1. The number of esters is 1. The minimum atomic E-state index is -0.322. The molecule has 1 aliphatic carbocycles. The smallest absolute Gasteiger partial charge is 0.341 e. The van der Waals surface area contributed by atoms with E-state index < -0.39 is 0 Å². The Bertz CT molecular complexity index is 856. The second kappa shape index (κ2) is 10.3. The summed E-state index contributed by atoms with van der Waals surface area (Å²) in [6, 6.07) is 8.12. The third kappa shape index (κ3) is 5.86. The number of anilines is 1. The van der Waals surface area contributed by atoms with E-state index in [1.165, 1.54) is 16.2 Å². The van der Waals surface area contributed by atoms with Gasteiger partial charge in [0.25, 0.3) is 0 Å². The Morgan fingerprint density at radius 1 is 1.14 bits per heavy atom. The lowest BCUT2D eigenvalue weighted by atomic mass is 10.1. The number of hydrogen-bond acceptors (Lipinski definition) is 5. The topological polar surface area (TPSA) is 55.4 Å². The van der Waals surface area contributed by atoms with Gasteiger partial charge in [-0.15, -0.1) is 23.1 Å². The fourth-order valence-corrected chi connectivity index (χ4v) is 5.70. The summed E-state index contributed by atoms with van der Waals surface area (Å²) in [5, 5.41) is 4.17. The number of hydrogen-bond donors (Lipinski definition) is 1. The van der Waals surface area contributed by atoms with E-state index in [4.69, 9.17) is 4.74 Å². The van der Waals surface area contributed by atoms with Crippen molar-refractivity contribution in [3.05, 3.63) is 45.8 Å². The largest absolute Gasteiger partial charge is 0.462 e. The Balaban J connectivity index is 1.74. The minimum Gasteiger partial charge on any atom is -0.462 e. The molecule has 2 aromatic rings. The lowest BCUT2D eigenvalue weighted by Crippen LogP contribution is -2.17. The van der Waals surface area contributed by atoms with Gasteiger partial charge in [0.05, 0.1) is 18.6 Å². The number of benzene rings is 1. The van der Waals surface area contributed by atoms with Gasteiger partial charge in [0.2, 0.25) is 5.91 Å². The molecule has 6 heteroatoms. The molecule has 0 radical (unpaired) electrons. The van der Waals surface area contributed by atoms with Gasteiger partial charge in [-0.25, -0.2) is 4.79 Å². The van der Waals surface area contributed by atoms with Crippen LogP contribution < -0.4 is 5.32 Å². The second-order valence-corrected chi connectivity index (χ2v) is 10.3. The summed E-state index contributed by atoms with van der Waals surface area (Å²) in [4.78, 5) is 27.7. The number of nitrogens with one attached hydrogen (secondary N) is 1. The first-order valence-corrected chi connectivity index (χ1v) is 12.0. The summed E-state index contributed by atoms with van der Waals surface area (Å²) in [5.74, 6) is -0.423. The van der Waals surface area contributed by atoms with Gasteiger partial charge in [-0.1, -0.05) is 32.4 Å². The fraction of sp³-hybridized carbons (Fsp3) is 0.478. The molecule has 1 N–H and O–H groups in total. The number of fused-ring (bicyclic) bond motifs is 1. The lowest BCUT2D eigenvalue weighted by molar-refractivity contribution is -0.115. The summed E-state index contributed by atoms with van der Waals surface area (Å²) in [5.41, 5.74) is 2.62. The van der Waals surface area contributed by atoms with Crippen LogP contribution in [0.1, 0.15) is 66.4 Å². The van der Waals surface area contributed by atoms with Gasteiger partial charge in [0, 0.05) is 15.0 Å². The standard InChI is InChI=1S/C23H29NO3S2/c1-4-27-23(26)21-18-8-6-5-7-9-19(18)29-22(21)24-20(25)14-16-10-12-17(13-11-16)28-15(2)3/h10-13,15H,4-9,14H2,1-3H3,(H,24,25). The van der Waals surface area contributed by atoms with Crippen LogP contribution in [0.3, 0.4) is 0 Å². The fourth-order valence-electron chi connectivity index (χ4n) is 3.56. The van der Waals surface area contributed by atoms with Gasteiger partial charge < -0.3 is 10.1 Å². The van der Waals surface area contributed by atoms with Crippen LogP contribution in [0, 0.1) is 0 Å². The highest BCUT2D eigenvalue weighted by Crippen LogP contribution is 2.38. The number of thiophene rings is 1. The minimum absolute atomic E-state index is 0.101. The molecule has 0 aliphatic heterocycles. The van der Waals surface area contributed by atoms with Crippen molar-refractivity contribution in [2.45, 2.75) is 69.4 Å². The van der Waals surface area contributed by atoms with Gasteiger partial charge in [-0.3, -0.25) is 4.79 Å². The molecule has 1 heterocycles. The summed E-state index contributed by atoms with van der Waals surface area (Å²) in [6.07, 6.45) is 5.52. The van der Waals surface area contributed by atoms with Crippen LogP contribution in [0.5, 0.6) is 0 Å². The van der Waals surface area contributed by atoms with E-state index in [-0.39, 0.29) is 18.3 Å². The van der Waals surface area contributed by atoms with E-state index in [1.807, 2.05) is 19.1 Å². The van der Waals surface area contributed by atoms with Crippen LogP contribution in [0.4, 0.5) is 5.00 Å². The molecule has 0 saturated heterocycles. The van der Waals surface area contributed by atoms with Crippen molar-refractivity contribution in [2.75, 3.05) is 11.9 Å². The molecule has 1 aliphatic rings. The molecule has 29 heavy (non-hydrogen) atoms. The average Bonchev–Trinajstić information content (AvgIpc) is 2.83. The highest BCUT2D eigenvalue weighted by atomic mass is 32.2. The van der Waals surface area contributed by atoms with Gasteiger partial charge in [0.15, 0.2) is 0 Å². The van der Waals surface area contributed by atoms with Crippen molar-refractivity contribution in [1.82, 2.24) is 0 Å². The van der Waals surface area contributed by atoms with Gasteiger partial charge >= 0.3 is 5.97 Å². The molecule has 1 aromatic heterocycles. The molecule has 0 saturated carbocycles. The zero-order chi connectivity index (χ0) is 20.8. The molecule has 0 unspecified atom stereocenters. The van der Waals surface area contributed by atoms with Crippen molar-refractivity contribution in [3.63, 3.8) is 0 Å². The van der Waals surface area contributed by atoms with Crippen LogP contribution in [-0.4, -0.2) is 23.7 Å². The first-order chi connectivity index (χ1) is 14.0. The van der Waals surface area contributed by atoms with Gasteiger partial charge in [-0.05, 0) is 55.9 Å². The summed E-state index contributed by atoms with van der Waals surface area (Å²) < 4.78 is 5.29. The van der Waals surface area contributed by atoms with E-state index in [0.717, 1.165) is 36.8 Å². The number of rotatable bonds is 7. The van der Waals surface area contributed by atoms with Crippen LogP contribution >= 0.6 is 23.1 Å². The Hall–Kier alpha value is -1.79. The third-order valence-electron chi connectivity index (χ3n) is 4.81. The molecule has 0 spiro atoms. The molecule has 1 aromatic carbocycles. The first-order valence-electron chi connectivity index (χ1n) is 10.3. The van der Waals surface area contributed by atoms with Crippen molar-refractivity contribution >= 4 is 40.0 Å². The Kier molecular flexibility index (Phi) is 7.78. The number of carbonyl (C=O) groups is 2. The summed E-state index contributed by atoms with van der Waals surface area (Å²) >= 11 is 3.35. The number of ether oxygens (including phenoxy) is 1. The van der Waals surface area contributed by atoms with Crippen molar-refractivity contribution < 1.29 is 14.3 Å². The second-order valence-electron chi connectivity index (χ2n) is 7.52. The maximum absolute atomic E-state index is 12.7. The quantitative estimate of drug-likeness (QED) is 0.338. The van der Waals surface area contributed by atoms with E-state index in [1.54, 1.807) is 23.1 Å². The maximum Gasteiger partial charge on any atom is 0.341 e. The molecule has 0 fully saturated rings. The highest BCUT2D eigenvalue weighted by Gasteiger charge is 2.26. The van der Waals surface area contributed by atoms with Crippen molar-refractivity contribution in [2.24, 2.45) is 0 Å². The third-order valence-corrected chi connectivity index (χ3v) is 7.04. The number of thioether (sulfide) groups is 1. The maximum atomic E-state index is 12.7. The van der Waals surface area contributed by atoms with Crippen LogP contribution in [0.25, 0.3) is 0 Å². The molecule has 4 nitrogen and oxygen atoms in total. The number of amides is 1. The van der Waals surface area contributed by atoms with Gasteiger partial charge in [-0.2, -0.15) is 0 Å². The monoisotopic (exact) mass is 431 g/mol. The van der Waals surface area contributed by atoms with Crippen LogP contribution in [0.15, 0.2) is 29.2 Å². The summed E-state index contributed by atoms with van der Waals surface area (Å²) in [7, 11) is 0. The Labute approximate surface area is 181 Å². The Morgan fingerprint density at radius 3 is 2.55 bits per heavy atom. The van der Waals surface area contributed by atoms with Crippen LogP contribution in [-0.2, 0) is 28.8 Å². The summed E-state index contributed by atoms with van der Waals surface area (Å²) in [6.45, 7) is 6.46. The normalized spacial score (nSPS) is 13.7. The first kappa shape index (κ1) is 21.9. The van der Waals surface area contributed by atoms with E-state index in [0.29, 0.717) is 22.4 Å². The molecule has 1 amide bonds. The Morgan fingerprint density at radius 2 is 1.86 bits per heavy atom. The van der Waals surface area contributed by atoms with Gasteiger partial charge in [0.1, 0.15) is 5.00 Å². The predicted molar refractivity (Wildman–Crippen MR) is 121 cm³/mol. The zero-order valence-electron chi connectivity index (χ0n) is 17.4. The number of carbonyl (C=O) groups excluding carboxylic acids is 2. The van der Waals surface area contributed by atoms with E-state index in [9.17, 15) is 9.59 Å². The molecular weight excluding hydrogens is 402 g/mol. The van der Waals surface area contributed by atoms with Crippen molar-refractivity contribution in [3.8, 4) is 0 Å². The average molecular weight is 432 g/mol. The molecular formula is C23H29NO3S2. The van der Waals surface area contributed by atoms with E-state index >= 15 is 0 Å². The molecule has 0 bridgehead atoms. The highest BCUT2D eigenvalue weighted by molar-refractivity contribution is 7.99. The van der Waals surface area contributed by atoms with E-state index in [2.05, 4.69) is 31.3 Å². The molecule has 3 rings (SSSR count). The van der Waals surface area contributed by atoms with Crippen LogP contribution in [0.2, 0.25) is 0 Å². The van der Waals surface area contributed by atoms with Crippen molar-refractivity contribution in [1.29, 1.82) is 0 Å². The molecule has 0 atom stereocenters. The molecule has 156 valence electrons. The lowest BCUT2D eigenvalue weighted by Gasteiger charge is -2.09. The zero-order valence-corrected chi connectivity index (χ0v) is 19.0. The SMILES string of the molecule is CCOC(=O)c1c(NC(=O)Cc2ccc(SC(C)C)cc2)sc2c1CCCCC2.